The molecule has 0 saturated heterocycles. The van der Waals surface area contributed by atoms with Crippen molar-refractivity contribution in [3.8, 4) is 0 Å². The molecule has 0 aliphatic carbocycles. The zero-order valence-electron chi connectivity index (χ0n) is 9.37. The molecule has 0 unspecified atom stereocenters. The Balaban J connectivity index is 0.000000386. The standard InChI is InChI=1S/C12H14Si.2ClH.Ti/c1-13(2,11-7-3-4-8-11)12-9-5-6-10-12;;;/h3-10H,1-2H3;2*1H;/q-2;;;+2/p-2. The zero-order chi connectivity index (χ0) is 12.0. The van der Waals surface area contributed by atoms with Crippen molar-refractivity contribution in [3.63, 3.8) is 0 Å². The second-order valence-corrected chi connectivity index (χ2v) is 11.0. The van der Waals surface area contributed by atoms with Gasteiger partial charge in [0.15, 0.2) is 0 Å². The molecule has 86 valence electrons. The van der Waals surface area contributed by atoms with E-state index in [0.29, 0.717) is 0 Å². The third-order valence-corrected chi connectivity index (χ3v) is 6.32. The van der Waals surface area contributed by atoms with Gasteiger partial charge >= 0.3 is 35.6 Å². The Morgan fingerprint density at radius 2 is 1.06 bits per heavy atom. The monoisotopic (exact) mass is 304 g/mol. The first-order valence-electron chi connectivity index (χ1n) is 5.03. The molecule has 2 rings (SSSR count). The van der Waals surface area contributed by atoms with Crippen LogP contribution in [0.5, 0.6) is 0 Å². The molecule has 0 bridgehead atoms. The average Bonchev–Trinajstić information content (AvgIpc) is 2.93. The van der Waals surface area contributed by atoms with Crippen LogP contribution in [0.4, 0.5) is 0 Å². The molecule has 0 heterocycles. The fraction of sp³-hybridized carbons (Fsp3) is 0.167. The first kappa shape index (κ1) is 14.3. The van der Waals surface area contributed by atoms with Gasteiger partial charge < -0.3 is 0 Å². The van der Waals surface area contributed by atoms with Crippen LogP contribution in [-0.2, 0) is 17.0 Å². The minimum absolute atomic E-state index is 0.556. The van der Waals surface area contributed by atoms with Gasteiger partial charge in [0.2, 0.25) is 0 Å². The second kappa shape index (κ2) is 6.83. The molecule has 2 aromatic rings. The van der Waals surface area contributed by atoms with Crippen LogP contribution >= 0.6 is 18.6 Å². The molecule has 0 aromatic heterocycles. The summed E-state index contributed by atoms with van der Waals surface area (Å²) in [5.41, 5.74) is 0. The third-order valence-electron chi connectivity index (χ3n) is 2.77. The predicted molar refractivity (Wildman–Crippen MR) is 72.5 cm³/mol. The molecule has 0 fully saturated rings. The molecule has 2 aromatic carbocycles. The average molecular weight is 305 g/mol. The summed E-state index contributed by atoms with van der Waals surface area (Å²) in [7, 11) is 8.43. The van der Waals surface area contributed by atoms with Crippen LogP contribution in [0.15, 0.2) is 48.5 Å². The van der Waals surface area contributed by atoms with Gasteiger partial charge in [-0.1, -0.05) is 13.1 Å². The van der Waals surface area contributed by atoms with Crippen molar-refractivity contribution in [1.82, 2.24) is 0 Å². The van der Waals surface area contributed by atoms with Gasteiger partial charge in [-0.25, -0.2) is 24.3 Å². The van der Waals surface area contributed by atoms with Crippen molar-refractivity contribution in [1.29, 1.82) is 0 Å². The van der Waals surface area contributed by atoms with Crippen molar-refractivity contribution < 1.29 is 17.0 Å². The van der Waals surface area contributed by atoms with Crippen molar-refractivity contribution in [3.05, 3.63) is 48.5 Å². The van der Waals surface area contributed by atoms with Crippen LogP contribution < -0.4 is 10.4 Å². The summed E-state index contributed by atoms with van der Waals surface area (Å²) in [5.74, 6) is 0. The summed E-state index contributed by atoms with van der Waals surface area (Å²) in [4.78, 5) is 0. The molecule has 0 aliphatic heterocycles. The number of hydrogen-bond acceptors (Lipinski definition) is 0. The van der Waals surface area contributed by atoms with Gasteiger partial charge in [-0.2, -0.15) is 34.6 Å². The molecule has 0 amide bonds. The van der Waals surface area contributed by atoms with E-state index in [4.69, 9.17) is 18.6 Å². The van der Waals surface area contributed by atoms with E-state index >= 15 is 0 Å². The van der Waals surface area contributed by atoms with Gasteiger partial charge in [0.05, 0.1) is 0 Å². The van der Waals surface area contributed by atoms with E-state index in [2.05, 4.69) is 61.6 Å². The van der Waals surface area contributed by atoms with Gasteiger partial charge in [0.25, 0.3) is 0 Å². The molecule has 4 heteroatoms. The summed E-state index contributed by atoms with van der Waals surface area (Å²) >= 11 is -0.556. The van der Waals surface area contributed by atoms with Gasteiger partial charge in [-0.05, 0) is 8.07 Å². The summed E-state index contributed by atoms with van der Waals surface area (Å²) in [6.07, 6.45) is 0. The maximum absolute atomic E-state index is 4.89. The molecule has 0 radical (unpaired) electrons. The summed E-state index contributed by atoms with van der Waals surface area (Å²) in [6, 6.07) is 17.5. The predicted octanol–water partition coefficient (Wildman–Crippen LogP) is 3.32. The summed E-state index contributed by atoms with van der Waals surface area (Å²) < 4.78 is 0. The summed E-state index contributed by atoms with van der Waals surface area (Å²) in [6.45, 7) is 4.80. The Kier molecular flexibility index (Phi) is 6.09. The van der Waals surface area contributed by atoms with Crippen molar-refractivity contribution in [2.24, 2.45) is 0 Å². The van der Waals surface area contributed by atoms with Crippen molar-refractivity contribution >= 4 is 37.1 Å². The van der Waals surface area contributed by atoms with Crippen LogP contribution in [0.1, 0.15) is 0 Å². The van der Waals surface area contributed by atoms with Crippen molar-refractivity contribution in [2.75, 3.05) is 0 Å². The molecule has 0 spiro atoms. The molecular formula is C12H14Cl2SiTi-2. The van der Waals surface area contributed by atoms with E-state index in [0.717, 1.165) is 0 Å². The van der Waals surface area contributed by atoms with E-state index in [1.165, 1.54) is 10.4 Å². The Bertz CT molecular complexity index is 343. The maximum atomic E-state index is 4.89. The minimum atomic E-state index is -1.35. The Morgan fingerprint density at radius 1 is 0.812 bits per heavy atom. The van der Waals surface area contributed by atoms with Gasteiger partial charge in [-0.15, -0.1) is 0 Å². The Morgan fingerprint density at radius 3 is 1.31 bits per heavy atom. The molecule has 0 N–H and O–H groups in total. The quantitative estimate of drug-likeness (QED) is 0.590. The topological polar surface area (TPSA) is 0 Å². The van der Waals surface area contributed by atoms with Crippen LogP contribution in [0.3, 0.4) is 0 Å². The number of rotatable bonds is 2. The van der Waals surface area contributed by atoms with E-state index in [-0.39, 0.29) is 0 Å². The van der Waals surface area contributed by atoms with Crippen LogP contribution in [0.25, 0.3) is 0 Å². The molecule has 0 aliphatic rings. The zero-order valence-corrected chi connectivity index (χ0v) is 13.4. The first-order chi connectivity index (χ1) is 7.62. The fourth-order valence-corrected chi connectivity index (χ4v) is 4.13. The Labute approximate surface area is 115 Å². The van der Waals surface area contributed by atoms with Crippen LogP contribution in [0.2, 0.25) is 13.1 Å². The molecule has 0 saturated carbocycles. The van der Waals surface area contributed by atoms with E-state index in [1.54, 1.807) is 0 Å². The molecule has 0 nitrogen and oxygen atoms in total. The SMILES string of the molecule is C[Si](C)([c-]1cccc1)[c-]1cccc1.[Cl][Ti][Cl]. The van der Waals surface area contributed by atoms with Crippen molar-refractivity contribution in [2.45, 2.75) is 13.1 Å². The molecule has 16 heavy (non-hydrogen) atoms. The van der Waals surface area contributed by atoms with Gasteiger partial charge in [0.1, 0.15) is 0 Å². The van der Waals surface area contributed by atoms with E-state index in [1.807, 2.05) is 0 Å². The Hall–Kier alpha value is 0.211. The fourth-order valence-electron chi connectivity index (χ4n) is 1.75. The van der Waals surface area contributed by atoms with E-state index in [9.17, 15) is 0 Å². The van der Waals surface area contributed by atoms with Gasteiger partial charge in [0, 0.05) is 0 Å². The van der Waals surface area contributed by atoms with Crippen LogP contribution in [-0.4, -0.2) is 8.07 Å². The molecule has 0 atom stereocenters. The summed E-state index contributed by atoms with van der Waals surface area (Å²) in [5, 5.41) is 3.05. The van der Waals surface area contributed by atoms with Gasteiger partial charge in [-0.3, -0.25) is 0 Å². The third kappa shape index (κ3) is 3.61. The van der Waals surface area contributed by atoms with E-state index < -0.39 is 25.1 Å². The number of halogens is 2. The number of hydrogen-bond donors (Lipinski definition) is 0. The normalized spacial score (nSPS) is 10.5. The first-order valence-corrected chi connectivity index (χ1v) is 12.3. The van der Waals surface area contributed by atoms with Crippen LogP contribution in [0, 0.1) is 0 Å². The second-order valence-electron chi connectivity index (χ2n) is 4.04. The molecular weight excluding hydrogens is 291 g/mol.